The number of aliphatic carboxylic acids is 1. The van der Waals surface area contributed by atoms with Crippen LogP contribution in [0.2, 0.25) is 0 Å². The first-order valence-electron chi connectivity index (χ1n) is 7.98. The van der Waals surface area contributed by atoms with E-state index >= 15 is 0 Å². The predicted octanol–water partition coefficient (Wildman–Crippen LogP) is 2.39. The van der Waals surface area contributed by atoms with Gasteiger partial charge in [0.25, 0.3) is 0 Å². The first-order valence-corrected chi connectivity index (χ1v) is 9.87. The molecule has 1 aliphatic heterocycles. The Bertz CT molecular complexity index is 954. The molecule has 1 atom stereocenters. The molecule has 0 spiro atoms. The van der Waals surface area contributed by atoms with Gasteiger partial charge >= 0.3 is 5.97 Å². The van der Waals surface area contributed by atoms with E-state index in [-0.39, 0.29) is 10.7 Å². The molecular formula is C18H19NO5S. The summed E-state index contributed by atoms with van der Waals surface area (Å²) in [7, 11) is -3.32. The number of sulfone groups is 1. The van der Waals surface area contributed by atoms with Crippen LogP contribution in [-0.4, -0.2) is 36.1 Å². The number of hydrogen-bond acceptors (Lipinski definition) is 4. The molecule has 7 heteroatoms. The molecule has 0 fully saturated rings. The maximum Gasteiger partial charge on any atom is 0.312 e. The van der Waals surface area contributed by atoms with E-state index in [9.17, 15) is 23.1 Å². The van der Waals surface area contributed by atoms with Gasteiger partial charge in [-0.05, 0) is 55.7 Å². The lowest BCUT2D eigenvalue weighted by atomic mass is 9.96. The van der Waals surface area contributed by atoms with E-state index in [4.69, 9.17) is 0 Å². The number of carbonyl (C=O) groups excluding carboxylic acids is 1. The van der Waals surface area contributed by atoms with Crippen molar-refractivity contribution in [2.75, 3.05) is 6.26 Å². The van der Waals surface area contributed by atoms with E-state index in [1.165, 1.54) is 24.3 Å². The maximum absolute atomic E-state index is 12.9. The van der Waals surface area contributed by atoms with Gasteiger partial charge in [0.05, 0.1) is 16.5 Å². The highest BCUT2D eigenvalue weighted by Crippen LogP contribution is 2.32. The highest BCUT2D eigenvalue weighted by atomic mass is 32.2. The summed E-state index contributed by atoms with van der Waals surface area (Å²) in [6, 6.07) is 7.59. The third kappa shape index (κ3) is 3.11. The minimum Gasteiger partial charge on any atom is -0.481 e. The number of fused-ring (bicyclic) bond motifs is 1. The van der Waals surface area contributed by atoms with Crippen LogP contribution in [0.15, 0.2) is 35.2 Å². The van der Waals surface area contributed by atoms with Gasteiger partial charge in [-0.1, -0.05) is 0 Å². The number of aryl methyl sites for hydroxylation is 1. The van der Waals surface area contributed by atoms with E-state index in [1.807, 2.05) is 0 Å². The molecule has 1 unspecified atom stereocenters. The van der Waals surface area contributed by atoms with Crippen LogP contribution in [-0.2, 0) is 21.2 Å². The van der Waals surface area contributed by atoms with Crippen LogP contribution in [0.4, 0.5) is 0 Å². The Morgan fingerprint density at radius 1 is 1.20 bits per heavy atom. The van der Waals surface area contributed by atoms with Crippen LogP contribution in [0, 0.1) is 6.92 Å². The molecule has 0 aliphatic carbocycles. The van der Waals surface area contributed by atoms with Crippen LogP contribution >= 0.6 is 0 Å². The Kier molecular flexibility index (Phi) is 4.28. The smallest absolute Gasteiger partial charge is 0.312 e. The van der Waals surface area contributed by atoms with E-state index in [1.54, 1.807) is 17.6 Å². The fraction of sp³-hybridized carbons (Fsp3) is 0.333. The third-order valence-electron chi connectivity index (χ3n) is 4.61. The largest absolute Gasteiger partial charge is 0.481 e. The van der Waals surface area contributed by atoms with Crippen molar-refractivity contribution in [2.45, 2.75) is 37.1 Å². The Balaban J connectivity index is 2.03. The second-order valence-electron chi connectivity index (χ2n) is 6.41. The molecule has 1 aromatic carbocycles. The molecule has 1 aliphatic rings. The Hall–Kier alpha value is -2.41. The zero-order valence-corrected chi connectivity index (χ0v) is 14.8. The van der Waals surface area contributed by atoms with Crippen molar-refractivity contribution in [3.8, 4) is 0 Å². The molecule has 25 heavy (non-hydrogen) atoms. The van der Waals surface area contributed by atoms with Gasteiger partial charge < -0.3 is 9.67 Å². The quantitative estimate of drug-likeness (QED) is 0.844. The van der Waals surface area contributed by atoms with Gasteiger partial charge in [0.2, 0.25) is 5.78 Å². The molecule has 6 nitrogen and oxygen atoms in total. The summed E-state index contributed by atoms with van der Waals surface area (Å²) >= 11 is 0. The third-order valence-corrected chi connectivity index (χ3v) is 5.74. The first kappa shape index (κ1) is 17.4. The standard InChI is InChI=1S/C18H19NO5S/c1-11-10-15-14(18(21)22)4-3-9-19(15)16(11)17(20)12-5-7-13(8-6-12)25(2,23)24/h5-8,10,14H,3-4,9H2,1-2H3,(H,21,22). The summed E-state index contributed by atoms with van der Waals surface area (Å²) in [4.78, 5) is 24.5. The maximum atomic E-state index is 12.9. The summed E-state index contributed by atoms with van der Waals surface area (Å²) in [6.45, 7) is 2.40. The highest BCUT2D eigenvalue weighted by Gasteiger charge is 2.31. The van der Waals surface area contributed by atoms with Crippen molar-refractivity contribution >= 4 is 21.6 Å². The van der Waals surface area contributed by atoms with Crippen LogP contribution < -0.4 is 0 Å². The summed E-state index contributed by atoms with van der Waals surface area (Å²) in [5.41, 5.74) is 2.26. The number of benzene rings is 1. The van der Waals surface area contributed by atoms with Crippen molar-refractivity contribution in [3.63, 3.8) is 0 Å². The number of carbonyl (C=O) groups is 2. The first-order chi connectivity index (χ1) is 11.7. The Morgan fingerprint density at radius 2 is 1.84 bits per heavy atom. The average Bonchev–Trinajstić information content (AvgIpc) is 2.89. The Labute approximate surface area is 146 Å². The van der Waals surface area contributed by atoms with Crippen molar-refractivity contribution in [1.29, 1.82) is 0 Å². The average molecular weight is 361 g/mol. The van der Waals surface area contributed by atoms with Gasteiger partial charge in [0, 0.05) is 24.1 Å². The van der Waals surface area contributed by atoms with E-state index in [0.29, 0.717) is 36.3 Å². The molecule has 132 valence electrons. The van der Waals surface area contributed by atoms with Crippen molar-refractivity contribution in [1.82, 2.24) is 4.57 Å². The van der Waals surface area contributed by atoms with Crippen LogP contribution in [0.5, 0.6) is 0 Å². The van der Waals surface area contributed by atoms with Crippen molar-refractivity contribution in [3.05, 3.63) is 52.8 Å². The van der Waals surface area contributed by atoms with Gasteiger partial charge in [-0.25, -0.2) is 8.42 Å². The van der Waals surface area contributed by atoms with Gasteiger partial charge in [-0.15, -0.1) is 0 Å². The normalized spacial score (nSPS) is 17.1. The van der Waals surface area contributed by atoms with Crippen molar-refractivity contribution in [2.24, 2.45) is 0 Å². The van der Waals surface area contributed by atoms with Crippen LogP contribution in [0.3, 0.4) is 0 Å². The number of aromatic nitrogens is 1. The molecule has 0 amide bonds. The molecule has 2 aromatic rings. The number of ketones is 1. The number of nitrogens with zero attached hydrogens (tertiary/aromatic N) is 1. The number of hydrogen-bond donors (Lipinski definition) is 1. The summed E-state index contributed by atoms with van der Waals surface area (Å²) < 4.78 is 24.9. The van der Waals surface area contributed by atoms with Gasteiger partial charge in [0.1, 0.15) is 0 Å². The fourth-order valence-electron chi connectivity index (χ4n) is 3.38. The molecular weight excluding hydrogens is 342 g/mol. The zero-order valence-electron chi connectivity index (χ0n) is 14.0. The van der Waals surface area contributed by atoms with Crippen molar-refractivity contribution < 1.29 is 23.1 Å². The minimum absolute atomic E-state index is 0.156. The SMILES string of the molecule is Cc1cc2n(c1C(=O)c1ccc(S(C)(=O)=O)cc1)CCCC2C(=O)O. The molecule has 3 rings (SSSR count). The molecule has 0 saturated carbocycles. The van der Waals surface area contributed by atoms with Crippen LogP contribution in [0.1, 0.15) is 46.1 Å². The second-order valence-corrected chi connectivity index (χ2v) is 8.43. The molecule has 1 N–H and O–H groups in total. The summed E-state index contributed by atoms with van der Waals surface area (Å²) in [5.74, 6) is -1.70. The lowest BCUT2D eigenvalue weighted by Crippen LogP contribution is -2.24. The van der Waals surface area contributed by atoms with Gasteiger partial charge in [-0.2, -0.15) is 0 Å². The zero-order chi connectivity index (χ0) is 18.4. The Morgan fingerprint density at radius 3 is 2.40 bits per heavy atom. The summed E-state index contributed by atoms with van der Waals surface area (Å²) in [6.07, 6.45) is 2.38. The van der Waals surface area contributed by atoms with E-state index < -0.39 is 21.7 Å². The fourth-order valence-corrected chi connectivity index (χ4v) is 4.01. The number of carboxylic acids is 1. The lowest BCUT2D eigenvalue weighted by molar-refractivity contribution is -0.139. The minimum atomic E-state index is -3.32. The topological polar surface area (TPSA) is 93.4 Å². The van der Waals surface area contributed by atoms with E-state index in [2.05, 4.69) is 0 Å². The summed E-state index contributed by atoms with van der Waals surface area (Å²) in [5, 5.41) is 9.39. The number of carboxylic acid groups (broad SMARTS) is 1. The lowest BCUT2D eigenvalue weighted by Gasteiger charge is -2.23. The molecule has 0 saturated heterocycles. The van der Waals surface area contributed by atoms with Gasteiger partial charge in [0.15, 0.2) is 9.84 Å². The molecule has 1 aromatic heterocycles. The van der Waals surface area contributed by atoms with Crippen LogP contribution in [0.25, 0.3) is 0 Å². The molecule has 0 bridgehead atoms. The second kappa shape index (κ2) is 6.15. The molecule has 2 heterocycles. The van der Waals surface area contributed by atoms with E-state index in [0.717, 1.165) is 11.8 Å². The molecule has 0 radical (unpaired) electrons. The van der Waals surface area contributed by atoms with Gasteiger partial charge in [-0.3, -0.25) is 9.59 Å². The highest BCUT2D eigenvalue weighted by molar-refractivity contribution is 7.90. The monoisotopic (exact) mass is 361 g/mol. The number of rotatable bonds is 4. The predicted molar refractivity (Wildman–Crippen MR) is 91.8 cm³/mol.